The van der Waals surface area contributed by atoms with Crippen molar-refractivity contribution in [2.75, 3.05) is 66.7 Å². The molecule has 46 heavy (non-hydrogen) atoms. The number of allylic oxidation sites excluding steroid dienone is 6. The molecule has 0 saturated carbocycles. The third-order valence-electron chi connectivity index (χ3n) is 6.85. The van der Waals surface area contributed by atoms with Gasteiger partial charge in [-0.1, -0.05) is 60.8 Å². The second kappa shape index (κ2) is 22.9. The van der Waals surface area contributed by atoms with E-state index in [1.807, 2.05) is 55.5 Å². The van der Waals surface area contributed by atoms with Gasteiger partial charge < -0.3 is 39.4 Å². The van der Waals surface area contributed by atoms with Gasteiger partial charge in [-0.15, -0.1) is 0 Å². The summed E-state index contributed by atoms with van der Waals surface area (Å²) in [5.41, 5.74) is 1.98. The number of carbonyl (C=O) groups excluding carboxylic acids is 4. The van der Waals surface area contributed by atoms with Crippen LogP contribution in [-0.2, 0) is 18.9 Å². The number of ether oxygens (including phenoxy) is 4. The average molecular weight is 643 g/mol. The predicted octanol–water partition coefficient (Wildman–Crippen LogP) is 5.66. The first kappa shape index (κ1) is 37.7. The molecule has 0 aromatic rings. The fourth-order valence-corrected chi connectivity index (χ4v) is 4.33. The Balaban J connectivity index is 1.50. The minimum atomic E-state index is -0.564. The van der Waals surface area contributed by atoms with Crippen molar-refractivity contribution in [3.05, 3.63) is 71.9 Å². The number of rotatable bonds is 18. The molecule has 0 aromatic heterocycles. The van der Waals surface area contributed by atoms with Crippen molar-refractivity contribution in [2.45, 2.75) is 45.4 Å². The summed E-state index contributed by atoms with van der Waals surface area (Å²) in [4.78, 5) is 51.3. The normalized spacial score (nSPS) is 15.6. The largest absolute Gasteiger partial charge is 0.449 e. The highest BCUT2D eigenvalue weighted by Gasteiger charge is 2.14. The van der Waals surface area contributed by atoms with Gasteiger partial charge in [-0.2, -0.15) is 0 Å². The Morgan fingerprint density at radius 2 is 1.48 bits per heavy atom. The van der Waals surface area contributed by atoms with Gasteiger partial charge in [-0.05, 0) is 49.7 Å². The van der Waals surface area contributed by atoms with Gasteiger partial charge in [0.15, 0.2) is 0 Å². The number of alkyl carbamates (subject to hydrolysis) is 2. The van der Waals surface area contributed by atoms with E-state index in [4.69, 9.17) is 18.9 Å². The Morgan fingerprint density at radius 3 is 2.15 bits per heavy atom. The maximum atomic E-state index is 12.1. The second-order valence-corrected chi connectivity index (χ2v) is 10.9. The zero-order valence-electron chi connectivity index (χ0n) is 27.4. The number of hydrogen-bond donors (Lipinski definition) is 2. The highest BCUT2D eigenvalue weighted by molar-refractivity contribution is 5.69. The molecule has 0 aromatic carbocycles. The molecule has 0 aliphatic heterocycles. The van der Waals surface area contributed by atoms with Gasteiger partial charge >= 0.3 is 24.4 Å². The summed E-state index contributed by atoms with van der Waals surface area (Å²) in [6.45, 7) is 4.19. The Bertz CT molecular complexity index is 1160. The van der Waals surface area contributed by atoms with Crippen LogP contribution < -0.4 is 10.6 Å². The molecule has 12 nitrogen and oxygen atoms in total. The van der Waals surface area contributed by atoms with Crippen molar-refractivity contribution in [3.63, 3.8) is 0 Å². The Labute approximate surface area is 272 Å². The topological polar surface area (TPSA) is 136 Å². The lowest BCUT2D eigenvalue weighted by molar-refractivity contribution is 0.0969. The molecule has 0 radical (unpaired) electrons. The maximum Gasteiger partial charge on any atom is 0.409 e. The van der Waals surface area contributed by atoms with Crippen LogP contribution in [0.3, 0.4) is 0 Å². The van der Waals surface area contributed by atoms with E-state index in [1.165, 1.54) is 9.80 Å². The van der Waals surface area contributed by atoms with Crippen molar-refractivity contribution < 1.29 is 38.1 Å². The van der Waals surface area contributed by atoms with E-state index in [2.05, 4.69) is 22.8 Å². The zero-order chi connectivity index (χ0) is 33.4. The van der Waals surface area contributed by atoms with Crippen LogP contribution in [0.25, 0.3) is 0 Å². The number of nitrogens with zero attached hydrogens (tertiary/aromatic N) is 2. The first-order valence-electron chi connectivity index (χ1n) is 15.9. The van der Waals surface area contributed by atoms with E-state index >= 15 is 0 Å². The molecular formula is C34H50N4O8. The van der Waals surface area contributed by atoms with E-state index in [0.717, 1.165) is 36.8 Å². The van der Waals surface area contributed by atoms with Crippen LogP contribution in [0.4, 0.5) is 19.2 Å². The lowest BCUT2D eigenvalue weighted by Crippen LogP contribution is -2.31. The molecule has 0 fully saturated rings. The van der Waals surface area contributed by atoms with Gasteiger partial charge in [0, 0.05) is 53.1 Å². The van der Waals surface area contributed by atoms with Crippen LogP contribution in [-0.4, -0.2) is 101 Å². The number of nitrogens with one attached hydrogen (secondary N) is 2. The van der Waals surface area contributed by atoms with E-state index < -0.39 is 24.4 Å². The highest BCUT2D eigenvalue weighted by Crippen LogP contribution is 2.16. The number of hydrogen-bond acceptors (Lipinski definition) is 8. The standard InChI is InChI=1S/C34H50N4O8/c1-4-5-6-7-11-19-37(2)33(41)45-22-13-20-43-31(39)35-25-29-17-12-18-30(24-29)26-36-32(40)44-21-14-23-46-34(42)38(3)27-28-15-9-8-10-16-28/h4-7,9,12,15-17,24,30H,8,10-11,13-14,18-23,25-27H2,1-3H3,(H,35,39)(H,36,40)/b5-4-,7-6-. The van der Waals surface area contributed by atoms with Crippen molar-refractivity contribution in [1.82, 2.24) is 20.4 Å². The third kappa shape index (κ3) is 17.1. The molecule has 4 amide bonds. The van der Waals surface area contributed by atoms with Gasteiger partial charge in [0.05, 0.1) is 26.4 Å². The van der Waals surface area contributed by atoms with Crippen LogP contribution in [0.15, 0.2) is 71.9 Å². The van der Waals surface area contributed by atoms with Crippen molar-refractivity contribution in [2.24, 2.45) is 5.92 Å². The van der Waals surface area contributed by atoms with Crippen LogP contribution in [0, 0.1) is 5.92 Å². The highest BCUT2D eigenvalue weighted by atomic mass is 16.6. The minimum absolute atomic E-state index is 0.0491. The molecule has 254 valence electrons. The van der Waals surface area contributed by atoms with E-state index in [0.29, 0.717) is 32.5 Å². The average Bonchev–Trinajstić information content (AvgIpc) is 3.06. The Kier molecular flexibility index (Phi) is 18.8. The molecular weight excluding hydrogens is 592 g/mol. The van der Waals surface area contributed by atoms with Crippen LogP contribution in [0.5, 0.6) is 0 Å². The van der Waals surface area contributed by atoms with Crippen LogP contribution in [0.2, 0.25) is 0 Å². The smallest absolute Gasteiger partial charge is 0.409 e. The van der Waals surface area contributed by atoms with Crippen molar-refractivity contribution in [3.8, 4) is 0 Å². The molecule has 2 N–H and O–H groups in total. The quantitative estimate of drug-likeness (QED) is 0.111. The minimum Gasteiger partial charge on any atom is -0.449 e. The molecule has 2 aliphatic carbocycles. The summed E-state index contributed by atoms with van der Waals surface area (Å²) in [6.07, 6.45) is 22.2. The number of amides is 4. The monoisotopic (exact) mass is 642 g/mol. The van der Waals surface area contributed by atoms with Gasteiger partial charge in [-0.25, -0.2) is 19.2 Å². The number of likely N-dealkylation sites (N-methyl/N-ethyl adjacent to an activating group) is 1. The second-order valence-electron chi connectivity index (χ2n) is 10.9. The zero-order valence-corrected chi connectivity index (χ0v) is 27.4. The predicted molar refractivity (Wildman–Crippen MR) is 176 cm³/mol. The Morgan fingerprint density at radius 1 is 0.826 bits per heavy atom. The van der Waals surface area contributed by atoms with Gasteiger partial charge in [0.2, 0.25) is 0 Å². The van der Waals surface area contributed by atoms with E-state index in [-0.39, 0.29) is 38.9 Å². The summed E-state index contributed by atoms with van der Waals surface area (Å²) < 4.78 is 20.8. The third-order valence-corrected chi connectivity index (χ3v) is 6.85. The molecule has 0 spiro atoms. The maximum absolute atomic E-state index is 12.1. The van der Waals surface area contributed by atoms with E-state index in [1.54, 1.807) is 14.1 Å². The van der Waals surface area contributed by atoms with Crippen LogP contribution >= 0.6 is 0 Å². The molecule has 1 unspecified atom stereocenters. The summed E-state index contributed by atoms with van der Waals surface area (Å²) >= 11 is 0. The molecule has 0 bridgehead atoms. The van der Waals surface area contributed by atoms with Gasteiger partial charge in [0.25, 0.3) is 0 Å². The number of carbonyl (C=O) groups is 4. The van der Waals surface area contributed by atoms with Gasteiger partial charge in [-0.3, -0.25) is 0 Å². The Hall–Kier alpha value is -4.48. The van der Waals surface area contributed by atoms with Crippen LogP contribution in [0.1, 0.15) is 45.4 Å². The summed E-state index contributed by atoms with van der Waals surface area (Å²) in [6, 6.07) is 0. The summed E-state index contributed by atoms with van der Waals surface area (Å²) in [5, 5.41) is 5.45. The fraction of sp³-hybridized carbons (Fsp3) is 0.529. The molecule has 0 heterocycles. The van der Waals surface area contributed by atoms with Gasteiger partial charge in [0.1, 0.15) is 0 Å². The molecule has 2 aliphatic rings. The molecule has 1 atom stereocenters. The molecule has 0 saturated heterocycles. The summed E-state index contributed by atoms with van der Waals surface area (Å²) in [5.74, 6) is 0.0491. The first-order valence-corrected chi connectivity index (χ1v) is 15.9. The lowest BCUT2D eigenvalue weighted by Gasteiger charge is -2.19. The van der Waals surface area contributed by atoms with Crippen molar-refractivity contribution >= 4 is 24.4 Å². The van der Waals surface area contributed by atoms with Crippen molar-refractivity contribution in [1.29, 1.82) is 0 Å². The summed E-state index contributed by atoms with van der Waals surface area (Å²) in [7, 11) is 3.37. The molecule has 2 rings (SSSR count). The lowest BCUT2D eigenvalue weighted by atomic mass is 9.96. The SMILES string of the molecule is C/C=C\C=C/CCN(C)C(=O)OCCCOC(=O)NCC1=CC(CNC(=O)OCCCOC(=O)N(C)CC2=CCCC=C2)CC=C1. The first-order chi connectivity index (χ1) is 22.3. The molecule has 12 heteroatoms. The fourth-order valence-electron chi connectivity index (χ4n) is 4.33. The van der Waals surface area contributed by atoms with E-state index in [9.17, 15) is 19.2 Å².